The number of likely N-dealkylation sites (N-methyl/N-ethyl adjacent to an activating group) is 1. The van der Waals surface area contributed by atoms with Crippen LogP contribution in [0.25, 0.3) is 0 Å². The van der Waals surface area contributed by atoms with Crippen molar-refractivity contribution in [3.8, 4) is 5.75 Å². The third kappa shape index (κ3) is 3.04. The fourth-order valence-electron chi connectivity index (χ4n) is 1.66. The second kappa shape index (κ2) is 5.60. The van der Waals surface area contributed by atoms with Crippen LogP contribution < -0.4 is 4.74 Å². The van der Waals surface area contributed by atoms with Crippen LogP contribution >= 0.6 is 12.4 Å². The Labute approximate surface area is 104 Å². The Morgan fingerprint density at radius 1 is 1.24 bits per heavy atom. The Balaban J connectivity index is 0.00000144. The molecule has 1 saturated heterocycles. The molecule has 2 nitrogen and oxygen atoms in total. The summed E-state index contributed by atoms with van der Waals surface area (Å²) >= 11 is 0. The fraction of sp³-hybridized carbons (Fsp3) is 0.455. The number of nitrogens with zero attached hydrogens (tertiary/aromatic N) is 1. The number of rotatable bonds is 3. The van der Waals surface area contributed by atoms with Gasteiger partial charge < -0.3 is 4.74 Å². The van der Waals surface area contributed by atoms with Crippen LogP contribution in [0.15, 0.2) is 12.1 Å². The van der Waals surface area contributed by atoms with E-state index in [0.717, 1.165) is 6.54 Å². The standard InChI is InChI=1S/C11H12F3NO.ClH/c1-2-15-5-8(6-15)16-11-9(13)3-7(12)4-10(11)14;/h3-4,8H,2,5-6H2,1H3;1H. The average Bonchev–Trinajstić information content (AvgIpc) is 2.13. The van der Waals surface area contributed by atoms with Gasteiger partial charge >= 0.3 is 0 Å². The fourth-order valence-corrected chi connectivity index (χ4v) is 1.66. The van der Waals surface area contributed by atoms with Gasteiger partial charge in [-0.15, -0.1) is 12.4 Å². The van der Waals surface area contributed by atoms with E-state index in [4.69, 9.17) is 4.74 Å². The molecule has 0 aliphatic carbocycles. The lowest BCUT2D eigenvalue weighted by Gasteiger charge is -2.38. The number of hydrogen-bond donors (Lipinski definition) is 0. The van der Waals surface area contributed by atoms with Crippen molar-refractivity contribution in [3.63, 3.8) is 0 Å². The lowest BCUT2D eigenvalue weighted by molar-refractivity contribution is 0.0187. The molecule has 0 atom stereocenters. The quantitative estimate of drug-likeness (QED) is 0.835. The van der Waals surface area contributed by atoms with Crippen molar-refractivity contribution in [2.24, 2.45) is 0 Å². The van der Waals surface area contributed by atoms with Gasteiger partial charge in [0, 0.05) is 25.2 Å². The van der Waals surface area contributed by atoms with Crippen LogP contribution in [0.5, 0.6) is 5.75 Å². The number of halogens is 4. The van der Waals surface area contributed by atoms with Gasteiger partial charge in [0.25, 0.3) is 0 Å². The maximum Gasteiger partial charge on any atom is 0.191 e. The van der Waals surface area contributed by atoms with Crippen LogP contribution in [0.3, 0.4) is 0 Å². The Morgan fingerprint density at radius 2 is 1.76 bits per heavy atom. The first-order chi connectivity index (χ1) is 7.60. The molecule has 1 heterocycles. The van der Waals surface area contributed by atoms with E-state index in [0.29, 0.717) is 25.2 Å². The monoisotopic (exact) mass is 267 g/mol. The summed E-state index contributed by atoms with van der Waals surface area (Å²) in [5, 5.41) is 0. The second-order valence-corrected chi connectivity index (χ2v) is 3.79. The highest BCUT2D eigenvalue weighted by Gasteiger charge is 2.28. The van der Waals surface area contributed by atoms with E-state index in [1.807, 2.05) is 6.92 Å². The predicted molar refractivity (Wildman–Crippen MR) is 60.1 cm³/mol. The SMILES string of the molecule is CCN1CC(Oc2c(F)cc(F)cc2F)C1.Cl. The summed E-state index contributed by atoms with van der Waals surface area (Å²) in [6.45, 7) is 4.17. The summed E-state index contributed by atoms with van der Waals surface area (Å²) in [4.78, 5) is 2.07. The largest absolute Gasteiger partial charge is 0.482 e. The molecule has 0 saturated carbocycles. The normalized spacial score (nSPS) is 16.2. The Morgan fingerprint density at radius 3 is 2.24 bits per heavy atom. The van der Waals surface area contributed by atoms with Crippen LogP contribution in [-0.4, -0.2) is 30.6 Å². The first-order valence-corrected chi connectivity index (χ1v) is 5.13. The highest BCUT2D eigenvalue weighted by atomic mass is 35.5. The van der Waals surface area contributed by atoms with E-state index in [1.165, 1.54) is 0 Å². The molecule has 0 bridgehead atoms. The lowest BCUT2D eigenvalue weighted by Crippen LogP contribution is -2.53. The summed E-state index contributed by atoms with van der Waals surface area (Å²) < 4.78 is 44.1. The van der Waals surface area contributed by atoms with E-state index in [1.54, 1.807) is 0 Å². The van der Waals surface area contributed by atoms with Gasteiger partial charge in [-0.05, 0) is 6.54 Å². The minimum atomic E-state index is -0.993. The third-order valence-electron chi connectivity index (χ3n) is 2.62. The molecule has 2 rings (SSSR count). The summed E-state index contributed by atoms with van der Waals surface area (Å²) in [5.41, 5.74) is 0. The van der Waals surface area contributed by atoms with Crippen molar-refractivity contribution in [3.05, 3.63) is 29.6 Å². The maximum atomic E-state index is 13.2. The first kappa shape index (κ1) is 14.1. The van der Waals surface area contributed by atoms with Crippen molar-refractivity contribution < 1.29 is 17.9 Å². The van der Waals surface area contributed by atoms with E-state index in [9.17, 15) is 13.2 Å². The highest BCUT2D eigenvalue weighted by molar-refractivity contribution is 5.85. The number of ether oxygens (including phenoxy) is 1. The molecule has 0 amide bonds. The second-order valence-electron chi connectivity index (χ2n) is 3.79. The summed E-state index contributed by atoms with van der Waals surface area (Å²) in [7, 11) is 0. The summed E-state index contributed by atoms with van der Waals surface area (Å²) in [6.07, 6.45) is -0.214. The van der Waals surface area contributed by atoms with Crippen LogP contribution in [-0.2, 0) is 0 Å². The van der Waals surface area contributed by atoms with Crippen molar-refractivity contribution in [1.29, 1.82) is 0 Å². The summed E-state index contributed by atoms with van der Waals surface area (Å²) in [5.74, 6) is -3.41. The highest BCUT2D eigenvalue weighted by Crippen LogP contribution is 2.25. The first-order valence-electron chi connectivity index (χ1n) is 5.13. The van der Waals surface area contributed by atoms with Crippen molar-refractivity contribution in [1.82, 2.24) is 4.90 Å². The molecule has 6 heteroatoms. The predicted octanol–water partition coefficient (Wildman–Crippen LogP) is 2.61. The molecular weight excluding hydrogens is 255 g/mol. The molecule has 0 N–H and O–H groups in total. The van der Waals surface area contributed by atoms with E-state index >= 15 is 0 Å². The number of benzene rings is 1. The molecular formula is C11H13ClF3NO. The molecule has 1 aliphatic heterocycles. The Kier molecular flexibility index (Phi) is 4.65. The average molecular weight is 268 g/mol. The minimum Gasteiger partial charge on any atom is -0.482 e. The molecule has 0 unspecified atom stereocenters. The van der Waals surface area contributed by atoms with E-state index in [2.05, 4.69) is 4.90 Å². The van der Waals surface area contributed by atoms with Gasteiger partial charge in [-0.3, -0.25) is 4.90 Å². The van der Waals surface area contributed by atoms with Gasteiger partial charge in [-0.1, -0.05) is 6.92 Å². The Hall–Kier alpha value is -0.940. The molecule has 1 aliphatic rings. The van der Waals surface area contributed by atoms with Crippen LogP contribution in [0.4, 0.5) is 13.2 Å². The Bertz CT molecular complexity index is 373. The topological polar surface area (TPSA) is 12.5 Å². The van der Waals surface area contributed by atoms with Gasteiger partial charge in [0.05, 0.1) is 0 Å². The third-order valence-corrected chi connectivity index (χ3v) is 2.62. The zero-order chi connectivity index (χ0) is 11.7. The van der Waals surface area contributed by atoms with Gasteiger partial charge in [-0.2, -0.15) is 0 Å². The molecule has 1 aromatic rings. The number of hydrogen-bond acceptors (Lipinski definition) is 2. The molecule has 0 aromatic heterocycles. The maximum absolute atomic E-state index is 13.2. The summed E-state index contributed by atoms with van der Waals surface area (Å²) in [6, 6.07) is 1.24. The van der Waals surface area contributed by atoms with Gasteiger partial charge in [0.1, 0.15) is 11.9 Å². The van der Waals surface area contributed by atoms with Crippen molar-refractivity contribution in [2.75, 3.05) is 19.6 Å². The molecule has 1 aromatic carbocycles. The van der Waals surface area contributed by atoms with Crippen molar-refractivity contribution >= 4 is 12.4 Å². The van der Waals surface area contributed by atoms with Crippen LogP contribution in [0, 0.1) is 17.5 Å². The van der Waals surface area contributed by atoms with Crippen molar-refractivity contribution in [2.45, 2.75) is 13.0 Å². The van der Waals surface area contributed by atoms with Gasteiger partial charge in [0.15, 0.2) is 17.4 Å². The van der Waals surface area contributed by atoms with Gasteiger partial charge in [0.2, 0.25) is 0 Å². The van der Waals surface area contributed by atoms with Crippen LogP contribution in [0.2, 0.25) is 0 Å². The zero-order valence-corrected chi connectivity index (χ0v) is 10.1. The molecule has 0 radical (unpaired) electrons. The minimum absolute atomic E-state index is 0. The zero-order valence-electron chi connectivity index (χ0n) is 9.25. The molecule has 96 valence electrons. The smallest absolute Gasteiger partial charge is 0.191 e. The molecule has 0 spiro atoms. The lowest BCUT2D eigenvalue weighted by atomic mass is 10.1. The molecule has 17 heavy (non-hydrogen) atoms. The van der Waals surface area contributed by atoms with E-state index < -0.39 is 23.2 Å². The van der Waals surface area contributed by atoms with E-state index in [-0.39, 0.29) is 18.5 Å². The molecule has 1 fully saturated rings. The number of likely N-dealkylation sites (tertiary alicyclic amines) is 1. The van der Waals surface area contributed by atoms with Gasteiger partial charge in [-0.25, -0.2) is 13.2 Å². The van der Waals surface area contributed by atoms with Crippen LogP contribution in [0.1, 0.15) is 6.92 Å².